The van der Waals surface area contributed by atoms with Gasteiger partial charge >= 0.3 is 0 Å². The summed E-state index contributed by atoms with van der Waals surface area (Å²) < 4.78 is 7.85. The largest absolute Gasteiger partial charge is 0.486 e. The Morgan fingerprint density at radius 3 is 2.79 bits per heavy atom. The first-order valence-corrected chi connectivity index (χ1v) is 11.7. The number of benzene rings is 2. The summed E-state index contributed by atoms with van der Waals surface area (Å²) >= 11 is 1.23. The van der Waals surface area contributed by atoms with Crippen molar-refractivity contribution in [1.29, 1.82) is 0 Å². The van der Waals surface area contributed by atoms with Gasteiger partial charge in [0.25, 0.3) is 5.69 Å². The number of carbonyl (C=O) groups is 1. The highest BCUT2D eigenvalue weighted by atomic mass is 32.2. The number of carbonyl (C=O) groups excluding carboxylic acids is 1. The van der Waals surface area contributed by atoms with E-state index in [4.69, 9.17) is 4.74 Å². The van der Waals surface area contributed by atoms with Gasteiger partial charge in [0.05, 0.1) is 10.7 Å². The Hall–Kier alpha value is -3.46. The molecule has 0 aliphatic heterocycles. The second-order valence-electron chi connectivity index (χ2n) is 7.74. The number of fused-ring (bicyclic) bond motifs is 1. The summed E-state index contributed by atoms with van der Waals surface area (Å²) in [7, 11) is 0. The predicted octanol–water partition coefficient (Wildman–Crippen LogP) is 4.81. The van der Waals surface area contributed by atoms with Crippen molar-refractivity contribution in [2.45, 2.75) is 44.0 Å². The Kier molecular flexibility index (Phi) is 7.19. The Labute approximate surface area is 195 Å². The molecule has 0 bridgehead atoms. The molecule has 3 aromatic rings. The number of nitrogens with zero attached hydrogens (tertiary/aromatic N) is 4. The van der Waals surface area contributed by atoms with E-state index in [1.54, 1.807) is 12.1 Å². The van der Waals surface area contributed by atoms with Crippen molar-refractivity contribution in [2.24, 2.45) is 0 Å². The van der Waals surface area contributed by atoms with Gasteiger partial charge in [-0.3, -0.25) is 19.5 Å². The maximum atomic E-state index is 12.6. The number of ether oxygens (including phenoxy) is 1. The van der Waals surface area contributed by atoms with E-state index in [1.807, 2.05) is 10.6 Å². The molecule has 1 aliphatic rings. The van der Waals surface area contributed by atoms with Gasteiger partial charge < -0.3 is 4.74 Å². The van der Waals surface area contributed by atoms with Gasteiger partial charge in [0.15, 0.2) is 16.8 Å². The number of hydrogen-bond donors (Lipinski definition) is 0. The highest BCUT2D eigenvalue weighted by Crippen LogP contribution is 2.26. The molecular weight excluding hydrogens is 440 g/mol. The van der Waals surface area contributed by atoms with E-state index in [2.05, 4.69) is 28.9 Å². The van der Waals surface area contributed by atoms with E-state index in [9.17, 15) is 14.9 Å². The summed E-state index contributed by atoms with van der Waals surface area (Å²) in [6, 6.07) is 12.0. The predicted molar refractivity (Wildman–Crippen MR) is 126 cm³/mol. The lowest BCUT2D eigenvalue weighted by molar-refractivity contribution is -0.384. The number of nitro groups is 1. The second kappa shape index (κ2) is 10.4. The molecule has 170 valence electrons. The molecule has 1 heterocycles. The Morgan fingerprint density at radius 2 is 2.00 bits per heavy atom. The molecule has 33 heavy (non-hydrogen) atoms. The molecule has 9 heteroatoms. The van der Waals surface area contributed by atoms with Crippen LogP contribution in [0, 0.1) is 10.1 Å². The van der Waals surface area contributed by atoms with E-state index < -0.39 is 4.92 Å². The van der Waals surface area contributed by atoms with Crippen LogP contribution in [0.3, 0.4) is 0 Å². The van der Waals surface area contributed by atoms with Gasteiger partial charge in [0, 0.05) is 24.2 Å². The number of rotatable bonds is 10. The molecule has 0 atom stereocenters. The minimum absolute atomic E-state index is 0.0854. The van der Waals surface area contributed by atoms with Gasteiger partial charge in [-0.25, -0.2) is 0 Å². The van der Waals surface area contributed by atoms with Crippen LogP contribution in [0.15, 0.2) is 60.3 Å². The molecule has 0 amide bonds. The smallest absolute Gasteiger partial charge is 0.270 e. The normalized spacial score (nSPS) is 12.7. The fraction of sp³-hybridized carbons (Fsp3) is 0.292. The van der Waals surface area contributed by atoms with Crippen LogP contribution in [0.5, 0.6) is 5.75 Å². The first-order valence-electron chi connectivity index (χ1n) is 10.7. The van der Waals surface area contributed by atoms with Gasteiger partial charge in [0.1, 0.15) is 12.4 Å². The summed E-state index contributed by atoms with van der Waals surface area (Å²) in [6.07, 6.45) is 6.39. The summed E-state index contributed by atoms with van der Waals surface area (Å²) in [4.78, 5) is 23.0. The molecule has 4 rings (SSSR count). The van der Waals surface area contributed by atoms with Crippen molar-refractivity contribution in [2.75, 3.05) is 5.75 Å². The number of hydrogen-bond acceptors (Lipinski definition) is 7. The van der Waals surface area contributed by atoms with Crippen molar-refractivity contribution in [3.05, 3.63) is 87.7 Å². The lowest BCUT2D eigenvalue weighted by Crippen LogP contribution is -2.09. The van der Waals surface area contributed by atoms with E-state index >= 15 is 0 Å². The van der Waals surface area contributed by atoms with Crippen molar-refractivity contribution in [3.63, 3.8) is 0 Å². The monoisotopic (exact) mass is 464 g/mol. The summed E-state index contributed by atoms with van der Waals surface area (Å²) in [5.41, 5.74) is 2.93. The third kappa shape index (κ3) is 5.48. The number of aryl methyl sites for hydroxylation is 2. The van der Waals surface area contributed by atoms with Crippen LogP contribution in [0.25, 0.3) is 0 Å². The van der Waals surface area contributed by atoms with Crippen molar-refractivity contribution in [1.82, 2.24) is 14.8 Å². The van der Waals surface area contributed by atoms with Crippen LogP contribution in [0.1, 0.15) is 40.2 Å². The number of ketones is 1. The quantitative estimate of drug-likeness (QED) is 0.140. The Bertz CT molecular complexity index is 1190. The molecule has 1 aliphatic carbocycles. The average Bonchev–Trinajstić information content (AvgIpc) is 3.22. The fourth-order valence-corrected chi connectivity index (χ4v) is 4.66. The first kappa shape index (κ1) is 22.7. The molecule has 0 fully saturated rings. The van der Waals surface area contributed by atoms with Crippen LogP contribution in [-0.2, 0) is 26.0 Å². The Morgan fingerprint density at radius 1 is 1.18 bits per heavy atom. The third-order valence-corrected chi connectivity index (χ3v) is 6.47. The van der Waals surface area contributed by atoms with Gasteiger partial charge in [-0.15, -0.1) is 16.8 Å². The fourth-order valence-electron chi connectivity index (χ4n) is 3.80. The maximum absolute atomic E-state index is 12.6. The zero-order valence-electron chi connectivity index (χ0n) is 18.1. The van der Waals surface area contributed by atoms with Crippen molar-refractivity contribution >= 4 is 23.2 Å². The first-order chi connectivity index (χ1) is 16.0. The number of thioether (sulfide) groups is 1. The van der Waals surface area contributed by atoms with Crippen LogP contribution < -0.4 is 4.74 Å². The number of non-ortho nitro benzene ring substituents is 1. The highest BCUT2D eigenvalue weighted by Gasteiger charge is 2.17. The SMILES string of the molecule is C=CCn1c(COc2ccc3c(c2)CCCC3)nnc1SCC(=O)c1cccc([N+](=O)[O-])c1. The molecule has 0 N–H and O–H groups in total. The zero-order chi connectivity index (χ0) is 23.2. The molecule has 1 aromatic heterocycles. The van der Waals surface area contributed by atoms with Crippen molar-refractivity contribution in [3.8, 4) is 5.75 Å². The molecule has 0 saturated carbocycles. The minimum atomic E-state index is -0.514. The highest BCUT2D eigenvalue weighted by molar-refractivity contribution is 7.99. The average molecular weight is 465 g/mol. The molecular formula is C24H24N4O4S. The van der Waals surface area contributed by atoms with E-state index in [0.717, 1.165) is 18.6 Å². The van der Waals surface area contributed by atoms with Crippen LogP contribution in [0.4, 0.5) is 5.69 Å². The summed E-state index contributed by atoms with van der Waals surface area (Å²) in [5, 5.41) is 20.0. The molecule has 0 spiro atoms. The minimum Gasteiger partial charge on any atom is -0.486 e. The van der Waals surface area contributed by atoms with Gasteiger partial charge in [-0.1, -0.05) is 36.0 Å². The summed E-state index contributed by atoms with van der Waals surface area (Å²) in [5.74, 6) is 1.31. The van der Waals surface area contributed by atoms with Crippen LogP contribution >= 0.6 is 11.8 Å². The van der Waals surface area contributed by atoms with Gasteiger partial charge in [-0.2, -0.15) is 0 Å². The summed E-state index contributed by atoms with van der Waals surface area (Å²) in [6.45, 7) is 4.52. The van der Waals surface area contributed by atoms with Crippen LogP contribution in [-0.4, -0.2) is 31.2 Å². The van der Waals surface area contributed by atoms with Crippen LogP contribution in [0.2, 0.25) is 0 Å². The molecule has 0 radical (unpaired) electrons. The van der Waals surface area contributed by atoms with Crippen molar-refractivity contribution < 1.29 is 14.5 Å². The standard InChI is InChI=1S/C24H24N4O4S/c1-2-12-27-23(15-32-21-11-10-17-6-3-4-7-18(17)14-21)25-26-24(27)33-16-22(29)19-8-5-9-20(13-19)28(30)31/h2,5,8-11,13-14H,1,3-4,6-7,12,15-16H2. The zero-order valence-corrected chi connectivity index (χ0v) is 18.9. The van der Waals surface area contributed by atoms with E-state index in [1.165, 1.54) is 53.9 Å². The molecule has 2 aromatic carbocycles. The molecule has 8 nitrogen and oxygen atoms in total. The maximum Gasteiger partial charge on any atom is 0.270 e. The number of nitro benzene ring substituents is 1. The van der Waals surface area contributed by atoms with Gasteiger partial charge in [-0.05, 0) is 48.9 Å². The van der Waals surface area contributed by atoms with E-state index in [0.29, 0.717) is 23.1 Å². The Balaban J connectivity index is 1.42. The second-order valence-corrected chi connectivity index (χ2v) is 8.69. The topological polar surface area (TPSA) is 100 Å². The molecule has 0 unspecified atom stereocenters. The van der Waals surface area contributed by atoms with Gasteiger partial charge in [0.2, 0.25) is 0 Å². The molecule has 0 saturated heterocycles. The lowest BCUT2D eigenvalue weighted by Gasteiger charge is -2.16. The number of Topliss-reactive ketones (excluding diaryl/α,β-unsaturated/α-hetero) is 1. The lowest BCUT2D eigenvalue weighted by atomic mass is 9.92. The number of allylic oxidation sites excluding steroid dienone is 1. The third-order valence-electron chi connectivity index (χ3n) is 5.50. The van der Waals surface area contributed by atoms with E-state index in [-0.39, 0.29) is 23.8 Å². The number of aromatic nitrogens is 3.